The fourth-order valence-electron chi connectivity index (χ4n) is 17.3. The molecule has 3 aliphatic carbocycles. The van der Waals surface area contributed by atoms with Gasteiger partial charge in [0.2, 0.25) is 0 Å². The Kier molecular flexibility index (Phi) is 38.3. The Morgan fingerprint density at radius 1 is 0.272 bits per heavy atom. The van der Waals surface area contributed by atoms with E-state index in [0.29, 0.717) is 0 Å². The molecule has 56 atom stereocenters. The summed E-state index contributed by atoms with van der Waals surface area (Å²) in [5.74, 6) is 0. The summed E-state index contributed by atoms with van der Waals surface area (Å²) in [6.07, 6.45) is -45.1. The molecule has 0 aromatic rings. The van der Waals surface area contributed by atoms with Crippen molar-refractivity contribution < 1.29 is 172 Å². The Morgan fingerprint density at radius 3 is 0.904 bits per heavy atom. The van der Waals surface area contributed by atoms with E-state index in [1.807, 2.05) is 0 Å². The summed E-state index contributed by atoms with van der Waals surface area (Å²) in [7, 11) is 0. The highest BCUT2D eigenvalue weighted by Gasteiger charge is 2.60. The number of rotatable bonds is 27. The van der Waals surface area contributed by atoms with Crippen LogP contribution in [0.15, 0.2) is 12.2 Å². The van der Waals surface area contributed by atoms with Crippen molar-refractivity contribution in [2.75, 3.05) is 39.5 Å². The Morgan fingerprint density at radius 2 is 0.584 bits per heavy atom. The van der Waals surface area contributed by atoms with Gasteiger partial charge in [-0.2, -0.15) is 0 Å². The second kappa shape index (κ2) is 45.8. The van der Waals surface area contributed by atoms with E-state index in [4.69, 9.17) is 188 Å². The van der Waals surface area contributed by atoms with Crippen molar-refractivity contribution in [3.8, 4) is 0 Å². The highest BCUT2D eigenvalue weighted by Crippen LogP contribution is 2.40. The maximum absolute atomic E-state index is 11.1. The monoisotopic (exact) mass is 1820 g/mol. The van der Waals surface area contributed by atoms with Crippen molar-refractivity contribution in [3.05, 3.63) is 12.2 Å². The SMILES string of the molecule is C[C@H](N)[C@@H]1C=C[C@@H](N)[C@@H](O[C@H]2[C@H](O[C@@H]3O[C@H](CO)[C@@H](OC4O[C@@H](CN)[C@@H](O)[C@H](O)[C@H]4N)[C@H]3O)[C@@H](O)[C@H](N)C[C@@H]2N)O1.C[C@H](N)[C@@H]1C[C@@H](O)[C@@H](N)[C@@H](O[C@H]2[C@H](O[C@@H]3O[C@H](CO)[C@@H](OC4O[C@@H](CN)[C@@H](O)[C@H](O)[C@H]4N)[C@H]3O)[C@@H](O)[C@H](N)C[C@@H]2N)O1.C[C@H](N)[C@H]1O[C@H](O[C@H]2[C@H](O[C@@H]3O[C@H](CO)[C@@H](OC4O[C@@H](CN)[C@@H](O)[C@H](O)[C@H]4N)[C@H]3O)[C@@H](O)[C@H](N)C[C@@H]2N)[C@H](N)C[C@@H]1O. The first-order chi connectivity index (χ1) is 58.9. The van der Waals surface area contributed by atoms with Crippen molar-refractivity contribution in [2.45, 2.75) is 395 Å². The van der Waals surface area contributed by atoms with Gasteiger partial charge in [0.25, 0.3) is 0 Å². The van der Waals surface area contributed by atoms with Gasteiger partial charge in [-0.15, -0.1) is 0 Å². The first-order valence-electron chi connectivity index (χ1n) is 42.2. The molecule has 12 aliphatic rings. The van der Waals surface area contributed by atoms with Crippen molar-refractivity contribution in [3.63, 3.8) is 0 Å². The molecule has 0 aromatic carbocycles. The molecule has 125 heavy (non-hydrogen) atoms. The molecule has 0 bridgehead atoms. The summed E-state index contributed by atoms with van der Waals surface area (Å²) in [5, 5.41) is 178. The first-order valence-corrected chi connectivity index (χ1v) is 42.2. The van der Waals surface area contributed by atoms with Crippen LogP contribution in [-0.4, -0.2) is 469 Å². The molecule has 9 aliphatic heterocycles. The van der Waals surface area contributed by atoms with Crippen molar-refractivity contribution in [1.82, 2.24) is 0 Å². The molecule has 0 radical (unpaired) electrons. The fourth-order valence-corrected chi connectivity index (χ4v) is 17.3. The average Bonchev–Trinajstić information content (AvgIpc) is 1.71. The molecule has 0 amide bonds. The molecule has 730 valence electrons. The Labute approximate surface area is 720 Å². The van der Waals surface area contributed by atoms with Crippen LogP contribution in [0.1, 0.15) is 52.9 Å². The number of hydrogen-bond donors (Lipinski definition) is 35. The van der Waals surface area contributed by atoms with Crippen LogP contribution in [0.3, 0.4) is 0 Å². The first kappa shape index (κ1) is 105. The fraction of sp³-hybridized carbons (Fsp3) is 0.972. The van der Waals surface area contributed by atoms with Gasteiger partial charge in [-0.25, -0.2) is 0 Å². The molecule has 0 spiro atoms. The lowest BCUT2D eigenvalue weighted by molar-refractivity contribution is -0.297. The minimum atomic E-state index is -1.57. The van der Waals surface area contributed by atoms with Crippen LogP contribution >= 0.6 is 0 Å². The molecule has 0 aromatic heterocycles. The van der Waals surface area contributed by atoms with Gasteiger partial charge < -0.3 is 275 Å². The van der Waals surface area contributed by atoms with Gasteiger partial charge in [-0.3, -0.25) is 0 Å². The van der Waals surface area contributed by atoms with Crippen LogP contribution in [0.5, 0.6) is 0 Å². The predicted molar refractivity (Wildman–Crippen MR) is 423 cm³/mol. The topological polar surface area (TPSA) is 978 Å². The van der Waals surface area contributed by atoms with Gasteiger partial charge >= 0.3 is 0 Å². The van der Waals surface area contributed by atoms with E-state index in [9.17, 15) is 86.8 Å². The highest BCUT2D eigenvalue weighted by molar-refractivity contribution is 5.09. The van der Waals surface area contributed by atoms with Gasteiger partial charge in [0, 0.05) is 80.4 Å². The van der Waals surface area contributed by atoms with E-state index in [-0.39, 0.29) is 57.8 Å². The molecule has 53 nitrogen and oxygen atoms in total. The van der Waals surface area contributed by atoms with Crippen LogP contribution in [0.25, 0.3) is 0 Å². The summed E-state index contributed by atoms with van der Waals surface area (Å²) in [6.45, 7) is 2.87. The van der Waals surface area contributed by atoms with Crippen LogP contribution in [0, 0.1) is 0 Å². The second-order valence-electron chi connectivity index (χ2n) is 34.6. The molecule has 53 N–H and O–H groups in total. The molecule has 12 rings (SSSR count). The Balaban J connectivity index is 0.000000196. The molecule has 9 heterocycles. The van der Waals surface area contributed by atoms with Gasteiger partial charge in [-0.05, 0) is 46.5 Å². The summed E-state index contributed by atoms with van der Waals surface area (Å²) < 4.78 is 105. The third kappa shape index (κ3) is 23.8. The third-order valence-corrected chi connectivity index (χ3v) is 25.0. The maximum Gasteiger partial charge on any atom is 0.187 e. The lowest BCUT2D eigenvalue weighted by atomic mass is 9.84. The Hall–Kier alpha value is -2.38. The van der Waals surface area contributed by atoms with Crippen LogP contribution in [0.2, 0.25) is 0 Å². The summed E-state index contributed by atoms with van der Waals surface area (Å²) in [4.78, 5) is 0. The molecule has 3 saturated carbocycles. The number of nitrogens with two attached hydrogens (primary N) is 18. The summed E-state index contributed by atoms with van der Waals surface area (Å²) in [5.41, 5.74) is 109. The van der Waals surface area contributed by atoms with E-state index in [1.54, 1.807) is 32.9 Å². The van der Waals surface area contributed by atoms with E-state index >= 15 is 0 Å². The lowest BCUT2D eigenvalue weighted by Crippen LogP contribution is -2.66. The molecular formula is C72H142N18O35. The zero-order valence-electron chi connectivity index (χ0n) is 69.6. The van der Waals surface area contributed by atoms with Crippen LogP contribution < -0.4 is 103 Å². The molecule has 11 fully saturated rings. The number of aliphatic hydroxyl groups is 17. The molecular weight excluding hydrogens is 1680 g/mol. The van der Waals surface area contributed by atoms with Crippen LogP contribution in [-0.2, 0) is 85.3 Å². The van der Waals surface area contributed by atoms with Crippen molar-refractivity contribution >= 4 is 0 Å². The summed E-state index contributed by atoms with van der Waals surface area (Å²) >= 11 is 0. The number of hydrogen-bond acceptors (Lipinski definition) is 53. The summed E-state index contributed by atoms with van der Waals surface area (Å²) in [6, 6.07) is -12.1. The number of aliphatic hydroxyl groups excluding tert-OH is 17. The van der Waals surface area contributed by atoms with Gasteiger partial charge in [-0.1, -0.05) is 12.2 Å². The lowest BCUT2D eigenvalue weighted by Gasteiger charge is -2.46. The van der Waals surface area contributed by atoms with E-state index < -0.39 is 356 Å². The van der Waals surface area contributed by atoms with E-state index in [0.717, 1.165) is 0 Å². The normalized spacial score (nSPS) is 52.4. The zero-order valence-corrected chi connectivity index (χ0v) is 69.6. The van der Waals surface area contributed by atoms with Crippen molar-refractivity contribution in [1.29, 1.82) is 0 Å². The highest BCUT2D eigenvalue weighted by atomic mass is 16.8. The van der Waals surface area contributed by atoms with E-state index in [2.05, 4.69) is 0 Å². The smallest absolute Gasteiger partial charge is 0.187 e. The zero-order chi connectivity index (χ0) is 92.3. The minimum absolute atomic E-state index is 0.135. The standard InChI is InChI=1S/2C24H48N6O12.C24H46N6O11/c1-6(26)18-10(32)3-9(29)22(39-18)40-19-8(28)2-7(27)14(33)21(19)42-24-17(36)20(12(5-31)38-24)41-23-13(30)16(35)15(34)11(4-25)37-23;1-6(26)10-3-9(32)13(29)22(37-10)40-19-8(28)2-7(27)15(33)21(19)42-24-18(36)20(12(5-31)39-24)41-23-14(30)17(35)16(34)11(4-25)38-23;1-7(26)11-3-2-8(27)22(36-11)39-19-10(29)4-9(28)15(32)21(19)41-24-18(35)20(13(6-31)38-24)40-23-14(30)17(34)16(33)12(5-25)37-23/h2*6-24,31-36H,2-5,25-30H2,1H3;2-3,7-24,31-35H,4-6,25-30H2,1H3/t6-,7+,8-,9+,10-,11-,12+,13+,14-,15+,16+,17+,18+,19+,20+,21+,22+,23?,24-;6-,7+,8-,9+,10-,11-,12+,13+,14+,15-,16+,17+,18+,19+,20+,21+,22+,23?,24-;7-,8+,9+,10-,11-,12-,13+,14+,15-,16+,17+,18+,19+,20+,21+,22+,23?,24-/m000/s1. The predicted octanol–water partition coefficient (Wildman–Crippen LogP) is -21.6. The van der Waals surface area contributed by atoms with E-state index in [1.165, 1.54) is 0 Å². The molecule has 3 unspecified atom stereocenters. The molecule has 8 saturated heterocycles. The third-order valence-electron chi connectivity index (χ3n) is 25.0. The Bertz CT molecular complexity index is 3250. The quantitative estimate of drug-likeness (QED) is 0.0340. The maximum atomic E-state index is 11.1. The van der Waals surface area contributed by atoms with Crippen LogP contribution in [0.4, 0.5) is 0 Å². The minimum Gasteiger partial charge on any atom is -0.394 e. The number of ether oxygens (including phenoxy) is 18. The average molecular weight is 1820 g/mol. The van der Waals surface area contributed by atoms with Gasteiger partial charge in [0.05, 0.1) is 98.8 Å². The molecule has 53 heteroatoms. The van der Waals surface area contributed by atoms with Gasteiger partial charge in [0.1, 0.15) is 153 Å². The largest absolute Gasteiger partial charge is 0.394 e. The van der Waals surface area contributed by atoms with Crippen molar-refractivity contribution in [2.24, 2.45) is 103 Å². The second-order valence-corrected chi connectivity index (χ2v) is 34.6. The van der Waals surface area contributed by atoms with Gasteiger partial charge in [0.15, 0.2) is 56.6 Å².